The van der Waals surface area contributed by atoms with Crippen LogP contribution in [-0.4, -0.2) is 54.1 Å². The van der Waals surface area contributed by atoms with E-state index >= 15 is 0 Å². The zero-order valence-corrected chi connectivity index (χ0v) is 13.8. The zero-order chi connectivity index (χ0) is 15.6. The lowest BCUT2D eigenvalue weighted by Crippen LogP contribution is -2.32. The van der Waals surface area contributed by atoms with Gasteiger partial charge in [0, 0.05) is 31.1 Å². The van der Waals surface area contributed by atoms with E-state index < -0.39 is 0 Å². The van der Waals surface area contributed by atoms with Crippen LogP contribution in [0.2, 0.25) is 0 Å². The molecule has 3 heterocycles. The molecule has 2 fully saturated rings. The Morgan fingerprint density at radius 3 is 2.70 bits per heavy atom. The van der Waals surface area contributed by atoms with Crippen LogP contribution in [0.4, 0.5) is 11.8 Å². The normalized spacial score (nSPS) is 22.1. The van der Waals surface area contributed by atoms with Gasteiger partial charge in [0.1, 0.15) is 5.82 Å². The molecule has 0 aliphatic carbocycles. The summed E-state index contributed by atoms with van der Waals surface area (Å²) in [6.07, 6.45) is 5.07. The maximum absolute atomic E-state index is 4.85. The predicted octanol–water partition coefficient (Wildman–Crippen LogP) is 2.74. The molecule has 0 saturated carbocycles. The van der Waals surface area contributed by atoms with Gasteiger partial charge >= 0.3 is 0 Å². The molecule has 2 aliphatic heterocycles. The lowest BCUT2D eigenvalue weighted by molar-refractivity contribution is 0.322. The second-order valence-electron chi connectivity index (χ2n) is 6.74. The number of nitrogens with one attached hydrogen (secondary N) is 1. The SMILES string of the molecule is CN1CCCC1CNc1nc(N2CCCC2)c2ccccc2n1. The van der Waals surface area contributed by atoms with Crippen LogP contribution >= 0.6 is 0 Å². The number of para-hydroxylation sites is 1. The topological polar surface area (TPSA) is 44.3 Å². The molecule has 1 aromatic carbocycles. The number of rotatable bonds is 4. The Balaban J connectivity index is 1.61. The van der Waals surface area contributed by atoms with E-state index in [1.54, 1.807) is 0 Å². The van der Waals surface area contributed by atoms with Gasteiger partial charge < -0.3 is 15.1 Å². The van der Waals surface area contributed by atoms with Crippen LogP contribution in [0.15, 0.2) is 24.3 Å². The lowest BCUT2D eigenvalue weighted by Gasteiger charge is -2.22. The van der Waals surface area contributed by atoms with Gasteiger partial charge in [-0.25, -0.2) is 4.98 Å². The molecule has 2 aliphatic rings. The van der Waals surface area contributed by atoms with E-state index in [4.69, 9.17) is 9.97 Å². The smallest absolute Gasteiger partial charge is 0.225 e. The average Bonchev–Trinajstić information content (AvgIpc) is 3.24. The highest BCUT2D eigenvalue weighted by Gasteiger charge is 2.22. The number of hydrogen-bond donors (Lipinski definition) is 1. The molecule has 5 nitrogen and oxygen atoms in total. The molecule has 2 aromatic rings. The predicted molar refractivity (Wildman–Crippen MR) is 95.1 cm³/mol. The number of likely N-dealkylation sites (tertiary alicyclic amines) is 1. The van der Waals surface area contributed by atoms with Crippen molar-refractivity contribution in [3.05, 3.63) is 24.3 Å². The number of fused-ring (bicyclic) bond motifs is 1. The first-order valence-corrected chi connectivity index (χ1v) is 8.77. The molecule has 0 spiro atoms. The molecule has 1 aromatic heterocycles. The van der Waals surface area contributed by atoms with Crippen LogP contribution in [0.25, 0.3) is 10.9 Å². The number of nitrogens with zero attached hydrogens (tertiary/aromatic N) is 4. The molecule has 1 unspecified atom stereocenters. The molecule has 2 saturated heterocycles. The molecule has 4 rings (SSSR count). The summed E-state index contributed by atoms with van der Waals surface area (Å²) in [4.78, 5) is 14.4. The number of benzene rings is 1. The van der Waals surface area contributed by atoms with Gasteiger partial charge in [0.2, 0.25) is 5.95 Å². The summed E-state index contributed by atoms with van der Waals surface area (Å²) in [5, 5.41) is 4.65. The Bertz CT molecular complexity index is 680. The van der Waals surface area contributed by atoms with Crippen molar-refractivity contribution in [3.63, 3.8) is 0 Å². The minimum atomic E-state index is 0.598. The van der Waals surface area contributed by atoms with Crippen molar-refractivity contribution in [2.24, 2.45) is 0 Å². The van der Waals surface area contributed by atoms with Gasteiger partial charge in [-0.1, -0.05) is 12.1 Å². The molecule has 0 radical (unpaired) electrons. The summed E-state index contributed by atoms with van der Waals surface area (Å²) in [6, 6.07) is 8.95. The van der Waals surface area contributed by atoms with E-state index in [2.05, 4.69) is 46.4 Å². The quantitative estimate of drug-likeness (QED) is 0.940. The van der Waals surface area contributed by atoms with Gasteiger partial charge in [-0.15, -0.1) is 0 Å². The van der Waals surface area contributed by atoms with Crippen LogP contribution in [0.1, 0.15) is 25.7 Å². The lowest BCUT2D eigenvalue weighted by atomic mass is 10.2. The van der Waals surface area contributed by atoms with Crippen molar-refractivity contribution in [1.29, 1.82) is 0 Å². The van der Waals surface area contributed by atoms with Crippen LogP contribution in [0.3, 0.4) is 0 Å². The summed E-state index contributed by atoms with van der Waals surface area (Å²) in [6.45, 7) is 4.33. The summed E-state index contributed by atoms with van der Waals surface area (Å²) < 4.78 is 0. The van der Waals surface area contributed by atoms with Crippen LogP contribution in [-0.2, 0) is 0 Å². The Hall–Kier alpha value is -1.88. The van der Waals surface area contributed by atoms with E-state index in [9.17, 15) is 0 Å². The van der Waals surface area contributed by atoms with Crippen LogP contribution in [0, 0.1) is 0 Å². The third kappa shape index (κ3) is 2.98. The van der Waals surface area contributed by atoms with Gasteiger partial charge in [0.25, 0.3) is 0 Å². The molecule has 1 atom stereocenters. The minimum absolute atomic E-state index is 0.598. The number of likely N-dealkylation sites (N-methyl/N-ethyl adjacent to an activating group) is 1. The molecular formula is C18H25N5. The zero-order valence-electron chi connectivity index (χ0n) is 13.8. The summed E-state index contributed by atoms with van der Waals surface area (Å²) in [5.74, 6) is 1.86. The van der Waals surface area contributed by atoms with Gasteiger partial charge in [0.05, 0.1) is 5.52 Å². The van der Waals surface area contributed by atoms with Crippen molar-refractivity contribution >= 4 is 22.7 Å². The van der Waals surface area contributed by atoms with E-state index in [1.807, 2.05) is 0 Å². The van der Waals surface area contributed by atoms with Gasteiger partial charge in [-0.05, 0) is 51.4 Å². The van der Waals surface area contributed by atoms with Crippen molar-refractivity contribution in [1.82, 2.24) is 14.9 Å². The van der Waals surface area contributed by atoms with Crippen molar-refractivity contribution in [3.8, 4) is 0 Å². The van der Waals surface area contributed by atoms with E-state index in [0.29, 0.717) is 6.04 Å². The van der Waals surface area contributed by atoms with Gasteiger partial charge in [-0.3, -0.25) is 0 Å². The first-order chi connectivity index (χ1) is 11.3. The summed E-state index contributed by atoms with van der Waals surface area (Å²) >= 11 is 0. The average molecular weight is 311 g/mol. The van der Waals surface area contributed by atoms with Crippen molar-refractivity contribution in [2.75, 3.05) is 43.4 Å². The first-order valence-electron chi connectivity index (χ1n) is 8.77. The third-order valence-corrected chi connectivity index (χ3v) is 5.16. The standard InChI is InChI=1S/C18H25N5/c1-22-10-6-7-14(22)13-19-18-20-16-9-3-2-8-15(16)17(21-18)23-11-4-5-12-23/h2-3,8-9,14H,4-7,10-13H2,1H3,(H,19,20,21). The highest BCUT2D eigenvalue weighted by molar-refractivity contribution is 5.90. The maximum Gasteiger partial charge on any atom is 0.225 e. The van der Waals surface area contributed by atoms with Crippen LogP contribution in [0.5, 0.6) is 0 Å². The van der Waals surface area contributed by atoms with E-state index in [1.165, 1.54) is 32.2 Å². The molecule has 5 heteroatoms. The number of anilines is 2. The molecule has 0 bridgehead atoms. The number of aromatic nitrogens is 2. The van der Waals surface area contributed by atoms with Gasteiger partial charge in [0.15, 0.2) is 0 Å². The molecular weight excluding hydrogens is 286 g/mol. The molecule has 23 heavy (non-hydrogen) atoms. The fraction of sp³-hybridized carbons (Fsp3) is 0.556. The molecule has 122 valence electrons. The highest BCUT2D eigenvalue weighted by atomic mass is 15.2. The highest BCUT2D eigenvalue weighted by Crippen LogP contribution is 2.28. The van der Waals surface area contributed by atoms with Gasteiger partial charge in [-0.2, -0.15) is 4.98 Å². The minimum Gasteiger partial charge on any atom is -0.356 e. The Morgan fingerprint density at radius 1 is 1.09 bits per heavy atom. The fourth-order valence-electron chi connectivity index (χ4n) is 3.76. The maximum atomic E-state index is 4.85. The Kier molecular flexibility index (Phi) is 4.04. The molecule has 1 N–H and O–H groups in total. The number of hydrogen-bond acceptors (Lipinski definition) is 5. The Morgan fingerprint density at radius 2 is 1.91 bits per heavy atom. The molecule has 0 amide bonds. The second-order valence-corrected chi connectivity index (χ2v) is 6.74. The van der Waals surface area contributed by atoms with Crippen LogP contribution < -0.4 is 10.2 Å². The third-order valence-electron chi connectivity index (χ3n) is 5.16. The monoisotopic (exact) mass is 311 g/mol. The summed E-state index contributed by atoms with van der Waals surface area (Å²) in [5.41, 5.74) is 1.03. The fourth-order valence-corrected chi connectivity index (χ4v) is 3.76. The van der Waals surface area contributed by atoms with Crippen molar-refractivity contribution < 1.29 is 0 Å². The van der Waals surface area contributed by atoms with E-state index in [-0.39, 0.29) is 0 Å². The largest absolute Gasteiger partial charge is 0.356 e. The second kappa shape index (κ2) is 6.32. The Labute approximate surface area is 137 Å². The van der Waals surface area contributed by atoms with E-state index in [0.717, 1.165) is 42.3 Å². The first kappa shape index (κ1) is 14.7. The van der Waals surface area contributed by atoms with Crippen molar-refractivity contribution in [2.45, 2.75) is 31.7 Å². The summed E-state index contributed by atoms with van der Waals surface area (Å²) in [7, 11) is 2.20.